The second-order valence-electron chi connectivity index (χ2n) is 3.07. The molecule has 0 unspecified atom stereocenters. The van der Waals surface area contributed by atoms with E-state index < -0.39 is 30.6 Å². The summed E-state index contributed by atoms with van der Waals surface area (Å²) in [6.45, 7) is 0.116. The van der Waals surface area contributed by atoms with Gasteiger partial charge in [0.2, 0.25) is 0 Å². The van der Waals surface area contributed by atoms with Crippen LogP contribution in [0.1, 0.15) is 0 Å². The van der Waals surface area contributed by atoms with E-state index in [1.165, 1.54) is 7.11 Å². The summed E-state index contributed by atoms with van der Waals surface area (Å²) >= 11 is 0. The Morgan fingerprint density at radius 2 is 2.00 bits per heavy atom. The van der Waals surface area contributed by atoms with Gasteiger partial charge in [-0.2, -0.15) is 0 Å². The van der Waals surface area contributed by atoms with E-state index in [1.54, 1.807) is 0 Å². The number of rotatable bonds is 2. The summed E-state index contributed by atoms with van der Waals surface area (Å²) in [7, 11) is 1.42. The zero-order valence-electron chi connectivity index (χ0n) is 7.46. The van der Waals surface area contributed by atoms with Crippen molar-refractivity contribution in [3.63, 3.8) is 0 Å². The van der Waals surface area contributed by atoms with Gasteiger partial charge < -0.3 is 31.2 Å². The number of hydrogen-bond acceptors (Lipinski definition) is 6. The summed E-state index contributed by atoms with van der Waals surface area (Å²) in [5.41, 5.74) is 10.9. The number of nitrogens with two attached hydrogens (primary N) is 2. The van der Waals surface area contributed by atoms with Crippen molar-refractivity contribution >= 4 is 0 Å². The molecule has 5 atom stereocenters. The van der Waals surface area contributed by atoms with Gasteiger partial charge in [-0.1, -0.05) is 0 Å². The van der Waals surface area contributed by atoms with Gasteiger partial charge in [0.1, 0.15) is 18.3 Å². The summed E-state index contributed by atoms with van der Waals surface area (Å²) in [6, 6.07) is -0.747. The van der Waals surface area contributed by atoms with Gasteiger partial charge in [-0.05, 0) is 0 Å². The van der Waals surface area contributed by atoms with E-state index in [0.29, 0.717) is 0 Å². The SMILES string of the molecule is CO[C@@H]1O[C@H](CN)[C@H](O)[C@H](O)[C@H]1N. The van der Waals surface area contributed by atoms with Crippen LogP contribution in [0.25, 0.3) is 0 Å². The normalized spacial score (nSPS) is 46.4. The maximum Gasteiger partial charge on any atom is 0.175 e. The monoisotopic (exact) mass is 192 g/mol. The third-order valence-electron chi connectivity index (χ3n) is 2.21. The van der Waals surface area contributed by atoms with Crippen molar-refractivity contribution in [2.75, 3.05) is 13.7 Å². The first-order chi connectivity index (χ1) is 6.11. The predicted octanol–water partition coefficient (Wildman–Crippen LogP) is -2.63. The van der Waals surface area contributed by atoms with Crippen molar-refractivity contribution in [1.82, 2.24) is 0 Å². The summed E-state index contributed by atoms with van der Waals surface area (Å²) in [4.78, 5) is 0. The van der Waals surface area contributed by atoms with Crippen molar-refractivity contribution < 1.29 is 19.7 Å². The fraction of sp³-hybridized carbons (Fsp3) is 1.00. The Bertz CT molecular complexity index is 149. The van der Waals surface area contributed by atoms with Crippen LogP contribution in [-0.2, 0) is 9.47 Å². The van der Waals surface area contributed by atoms with Crippen LogP contribution in [0.4, 0.5) is 0 Å². The zero-order chi connectivity index (χ0) is 10.0. The quantitative estimate of drug-likeness (QED) is 0.381. The van der Waals surface area contributed by atoms with Gasteiger partial charge in [-0.3, -0.25) is 0 Å². The van der Waals surface area contributed by atoms with Gasteiger partial charge in [-0.15, -0.1) is 0 Å². The zero-order valence-corrected chi connectivity index (χ0v) is 7.46. The van der Waals surface area contributed by atoms with E-state index in [-0.39, 0.29) is 6.54 Å². The molecule has 0 saturated carbocycles. The highest BCUT2D eigenvalue weighted by Crippen LogP contribution is 2.19. The van der Waals surface area contributed by atoms with E-state index in [4.69, 9.17) is 20.9 Å². The third kappa shape index (κ3) is 1.98. The Hall–Kier alpha value is -0.240. The predicted molar refractivity (Wildman–Crippen MR) is 44.7 cm³/mol. The van der Waals surface area contributed by atoms with Crippen LogP contribution in [0.3, 0.4) is 0 Å². The molecule has 6 heteroatoms. The molecule has 0 amide bonds. The van der Waals surface area contributed by atoms with Crippen molar-refractivity contribution in [2.45, 2.75) is 30.6 Å². The Labute approximate surface area is 76.4 Å². The van der Waals surface area contributed by atoms with Gasteiger partial charge >= 0.3 is 0 Å². The average Bonchev–Trinajstić information content (AvgIpc) is 2.15. The van der Waals surface area contributed by atoms with Gasteiger partial charge in [0.25, 0.3) is 0 Å². The van der Waals surface area contributed by atoms with Gasteiger partial charge in [0, 0.05) is 13.7 Å². The highest BCUT2D eigenvalue weighted by molar-refractivity contribution is 4.91. The van der Waals surface area contributed by atoms with Crippen molar-refractivity contribution in [2.24, 2.45) is 11.5 Å². The Morgan fingerprint density at radius 1 is 1.38 bits per heavy atom. The maximum absolute atomic E-state index is 9.46. The van der Waals surface area contributed by atoms with E-state index in [0.717, 1.165) is 0 Å². The molecule has 0 aromatic rings. The van der Waals surface area contributed by atoms with E-state index >= 15 is 0 Å². The lowest BCUT2D eigenvalue weighted by Gasteiger charge is -2.40. The Kier molecular flexibility index (Phi) is 3.60. The second kappa shape index (κ2) is 4.32. The molecule has 1 saturated heterocycles. The molecule has 0 spiro atoms. The molecule has 1 aliphatic rings. The lowest BCUT2D eigenvalue weighted by atomic mass is 9.97. The fourth-order valence-corrected chi connectivity index (χ4v) is 1.36. The van der Waals surface area contributed by atoms with Crippen LogP contribution in [0.5, 0.6) is 0 Å². The third-order valence-corrected chi connectivity index (χ3v) is 2.21. The molecule has 6 N–H and O–H groups in total. The first-order valence-corrected chi connectivity index (χ1v) is 4.11. The minimum absolute atomic E-state index is 0.116. The van der Waals surface area contributed by atoms with Gasteiger partial charge in [0.05, 0.1) is 6.04 Å². The van der Waals surface area contributed by atoms with Gasteiger partial charge in [0.15, 0.2) is 6.29 Å². The molecule has 0 aromatic carbocycles. The van der Waals surface area contributed by atoms with E-state index in [9.17, 15) is 10.2 Å². The number of hydrogen-bond donors (Lipinski definition) is 4. The van der Waals surface area contributed by atoms with Crippen LogP contribution in [-0.4, -0.2) is 54.5 Å². The van der Waals surface area contributed by atoms with Crippen molar-refractivity contribution in [1.29, 1.82) is 0 Å². The molecule has 1 fully saturated rings. The van der Waals surface area contributed by atoms with E-state index in [1.807, 2.05) is 0 Å². The minimum Gasteiger partial charge on any atom is -0.388 e. The Balaban J connectivity index is 2.66. The van der Waals surface area contributed by atoms with Crippen molar-refractivity contribution in [3.8, 4) is 0 Å². The van der Waals surface area contributed by atoms with Crippen LogP contribution >= 0.6 is 0 Å². The number of aliphatic hydroxyl groups is 2. The smallest absolute Gasteiger partial charge is 0.175 e. The first kappa shape index (κ1) is 10.8. The molecule has 13 heavy (non-hydrogen) atoms. The molecule has 0 aromatic heterocycles. The lowest BCUT2D eigenvalue weighted by molar-refractivity contribution is -0.248. The topological polar surface area (TPSA) is 111 Å². The highest BCUT2D eigenvalue weighted by atomic mass is 16.7. The molecular formula is C7H16N2O4. The summed E-state index contributed by atoms with van der Waals surface area (Å²) in [5.74, 6) is 0. The highest BCUT2D eigenvalue weighted by Gasteiger charge is 2.42. The summed E-state index contributed by atoms with van der Waals surface area (Å²) in [5, 5.41) is 18.9. The number of aliphatic hydroxyl groups excluding tert-OH is 2. The minimum atomic E-state index is -1.06. The van der Waals surface area contributed by atoms with Crippen LogP contribution in [0, 0.1) is 0 Å². The number of ether oxygens (including phenoxy) is 2. The first-order valence-electron chi connectivity index (χ1n) is 4.11. The van der Waals surface area contributed by atoms with Crippen LogP contribution in [0.2, 0.25) is 0 Å². The average molecular weight is 192 g/mol. The molecule has 0 bridgehead atoms. The summed E-state index contributed by atoms with van der Waals surface area (Å²) < 4.78 is 10.1. The van der Waals surface area contributed by atoms with Crippen LogP contribution in [0.15, 0.2) is 0 Å². The molecule has 1 aliphatic heterocycles. The van der Waals surface area contributed by atoms with Crippen molar-refractivity contribution in [3.05, 3.63) is 0 Å². The number of methoxy groups -OCH3 is 1. The fourth-order valence-electron chi connectivity index (χ4n) is 1.36. The van der Waals surface area contributed by atoms with Crippen LogP contribution < -0.4 is 11.5 Å². The van der Waals surface area contributed by atoms with E-state index in [2.05, 4.69) is 0 Å². The van der Waals surface area contributed by atoms with Gasteiger partial charge in [-0.25, -0.2) is 0 Å². The molecule has 1 rings (SSSR count). The standard InChI is InChI=1S/C7H16N2O4/c1-12-7-4(9)6(11)5(10)3(2-8)13-7/h3-7,10-11H,2,8-9H2,1H3/t3-,4-,5+,6-,7-/m1/s1. The molecule has 0 aliphatic carbocycles. The summed E-state index contributed by atoms with van der Waals surface area (Å²) in [6.07, 6.45) is -3.45. The molecular weight excluding hydrogens is 176 g/mol. The molecule has 0 radical (unpaired) electrons. The largest absolute Gasteiger partial charge is 0.388 e. The second-order valence-corrected chi connectivity index (χ2v) is 3.07. The Morgan fingerprint density at radius 3 is 2.46 bits per heavy atom. The molecule has 6 nitrogen and oxygen atoms in total. The molecule has 78 valence electrons. The molecule has 1 heterocycles. The lowest BCUT2D eigenvalue weighted by Crippen LogP contribution is -2.62. The maximum atomic E-state index is 9.46.